The Kier molecular flexibility index (Phi) is 4.38. The van der Waals surface area contributed by atoms with E-state index < -0.39 is 28.3 Å². The number of carbonyl (C=O) groups is 1. The molecule has 0 saturated heterocycles. The first-order valence-corrected chi connectivity index (χ1v) is 6.80. The summed E-state index contributed by atoms with van der Waals surface area (Å²) in [4.78, 5) is 21.7. The standard InChI is InChI=1S/C12H6ClF3N2O3S/c13-10-8(18(20)21)5-9(22-10)11(19)17-7-3-1-2-6(4-7)12(14,15)16/h1-5H,(H,17,19). The maximum Gasteiger partial charge on any atom is 0.416 e. The lowest BCUT2D eigenvalue weighted by Crippen LogP contribution is -2.11. The number of alkyl halides is 3. The molecule has 0 bridgehead atoms. The van der Waals surface area contributed by atoms with Gasteiger partial charge < -0.3 is 5.32 Å². The summed E-state index contributed by atoms with van der Waals surface area (Å²) in [6.07, 6.45) is -4.54. The summed E-state index contributed by atoms with van der Waals surface area (Å²) < 4.78 is 37.5. The van der Waals surface area contributed by atoms with Crippen LogP contribution in [-0.4, -0.2) is 10.8 Å². The van der Waals surface area contributed by atoms with Crippen LogP contribution in [0.15, 0.2) is 30.3 Å². The van der Waals surface area contributed by atoms with Gasteiger partial charge in [-0.2, -0.15) is 13.2 Å². The van der Waals surface area contributed by atoms with E-state index in [0.717, 1.165) is 24.3 Å². The molecule has 0 aliphatic heterocycles. The minimum atomic E-state index is -4.54. The number of nitrogens with zero attached hydrogens (tertiary/aromatic N) is 1. The molecule has 1 heterocycles. The van der Waals surface area contributed by atoms with Gasteiger partial charge in [-0.05, 0) is 18.2 Å². The van der Waals surface area contributed by atoms with Gasteiger partial charge in [-0.3, -0.25) is 14.9 Å². The number of nitro groups is 1. The third-order valence-electron chi connectivity index (χ3n) is 2.54. The summed E-state index contributed by atoms with van der Waals surface area (Å²) in [6, 6.07) is 5.01. The SMILES string of the molecule is O=C(Nc1cccc(C(F)(F)F)c1)c1cc([N+](=O)[O-])c(Cl)s1. The molecule has 1 N–H and O–H groups in total. The minimum Gasteiger partial charge on any atom is -0.321 e. The van der Waals surface area contributed by atoms with Crippen LogP contribution in [0.25, 0.3) is 0 Å². The summed E-state index contributed by atoms with van der Waals surface area (Å²) in [6.45, 7) is 0. The number of carbonyl (C=O) groups excluding carboxylic acids is 1. The molecule has 1 amide bonds. The van der Waals surface area contributed by atoms with E-state index in [1.54, 1.807) is 0 Å². The van der Waals surface area contributed by atoms with Crippen LogP contribution >= 0.6 is 22.9 Å². The lowest BCUT2D eigenvalue weighted by atomic mass is 10.2. The summed E-state index contributed by atoms with van der Waals surface area (Å²) >= 11 is 6.29. The van der Waals surface area contributed by atoms with Crippen LogP contribution in [-0.2, 0) is 6.18 Å². The molecule has 2 rings (SSSR count). The predicted molar refractivity (Wildman–Crippen MR) is 75.4 cm³/mol. The van der Waals surface area contributed by atoms with Gasteiger partial charge >= 0.3 is 6.18 Å². The van der Waals surface area contributed by atoms with Crippen molar-refractivity contribution in [1.82, 2.24) is 0 Å². The third-order valence-corrected chi connectivity index (χ3v) is 3.87. The predicted octanol–water partition coefficient (Wildman–Crippen LogP) is 4.58. The van der Waals surface area contributed by atoms with Crippen molar-refractivity contribution in [3.63, 3.8) is 0 Å². The molecule has 0 fully saturated rings. The van der Waals surface area contributed by atoms with E-state index in [2.05, 4.69) is 5.32 Å². The first kappa shape index (κ1) is 16.2. The molecule has 2 aromatic rings. The number of anilines is 1. The van der Waals surface area contributed by atoms with Crippen molar-refractivity contribution in [2.24, 2.45) is 0 Å². The normalized spacial score (nSPS) is 11.3. The highest BCUT2D eigenvalue weighted by molar-refractivity contribution is 7.18. The van der Waals surface area contributed by atoms with Crippen LogP contribution in [0.5, 0.6) is 0 Å². The van der Waals surface area contributed by atoms with Gasteiger partial charge in [0.05, 0.1) is 10.5 Å². The molecular formula is C12H6ClF3N2O3S. The number of amides is 1. The number of rotatable bonds is 3. The molecule has 1 aromatic heterocycles. The van der Waals surface area contributed by atoms with Crippen LogP contribution in [0, 0.1) is 10.1 Å². The molecule has 1 aromatic carbocycles. The average Bonchev–Trinajstić information content (AvgIpc) is 2.80. The van der Waals surface area contributed by atoms with Gasteiger partial charge in [-0.25, -0.2) is 0 Å². The number of nitrogens with one attached hydrogen (secondary N) is 1. The maximum atomic E-state index is 12.6. The van der Waals surface area contributed by atoms with E-state index in [9.17, 15) is 28.1 Å². The fraction of sp³-hybridized carbons (Fsp3) is 0.0833. The fourth-order valence-corrected chi connectivity index (χ4v) is 2.68. The second-order valence-corrected chi connectivity index (χ2v) is 5.71. The Hall–Kier alpha value is -2.13. The first-order valence-electron chi connectivity index (χ1n) is 5.61. The van der Waals surface area contributed by atoms with Gasteiger partial charge in [0.2, 0.25) is 0 Å². The Bertz CT molecular complexity index is 745. The van der Waals surface area contributed by atoms with E-state index >= 15 is 0 Å². The van der Waals surface area contributed by atoms with Crippen molar-refractivity contribution in [1.29, 1.82) is 0 Å². The van der Waals surface area contributed by atoms with E-state index in [0.29, 0.717) is 11.3 Å². The van der Waals surface area contributed by atoms with Gasteiger partial charge in [0.25, 0.3) is 11.6 Å². The third kappa shape index (κ3) is 3.55. The van der Waals surface area contributed by atoms with Crippen molar-refractivity contribution in [3.8, 4) is 0 Å². The molecule has 116 valence electrons. The smallest absolute Gasteiger partial charge is 0.321 e. The molecule has 0 atom stereocenters. The Labute approximate surface area is 130 Å². The van der Waals surface area contributed by atoms with Crippen molar-refractivity contribution in [2.45, 2.75) is 6.18 Å². The summed E-state index contributed by atoms with van der Waals surface area (Å²) in [5.41, 5.74) is -1.42. The van der Waals surface area contributed by atoms with Gasteiger partial charge in [0.1, 0.15) is 4.88 Å². The number of halogens is 4. The van der Waals surface area contributed by atoms with Crippen molar-refractivity contribution >= 4 is 40.2 Å². The molecular weight excluding hydrogens is 345 g/mol. The maximum absolute atomic E-state index is 12.6. The van der Waals surface area contributed by atoms with Crippen molar-refractivity contribution in [3.05, 3.63) is 55.2 Å². The zero-order chi connectivity index (χ0) is 16.5. The quantitative estimate of drug-likeness (QED) is 0.650. The van der Waals surface area contributed by atoms with Crippen LogP contribution < -0.4 is 5.32 Å². The van der Waals surface area contributed by atoms with Gasteiger partial charge in [0.15, 0.2) is 4.34 Å². The minimum absolute atomic E-state index is 0.0749. The first-order chi connectivity index (χ1) is 10.2. The summed E-state index contributed by atoms with van der Waals surface area (Å²) in [5, 5.41) is 12.9. The summed E-state index contributed by atoms with van der Waals surface area (Å²) in [5.74, 6) is -0.778. The molecule has 0 unspecified atom stereocenters. The number of hydrogen-bond donors (Lipinski definition) is 1. The Morgan fingerprint density at radius 1 is 1.32 bits per heavy atom. The highest BCUT2D eigenvalue weighted by Gasteiger charge is 2.30. The van der Waals surface area contributed by atoms with E-state index in [4.69, 9.17) is 11.6 Å². The number of benzene rings is 1. The zero-order valence-electron chi connectivity index (χ0n) is 10.5. The summed E-state index contributed by atoms with van der Waals surface area (Å²) in [7, 11) is 0. The average molecular weight is 351 g/mol. The van der Waals surface area contributed by atoms with E-state index in [1.165, 1.54) is 6.07 Å². The molecule has 0 aliphatic rings. The van der Waals surface area contributed by atoms with Crippen molar-refractivity contribution in [2.75, 3.05) is 5.32 Å². The van der Waals surface area contributed by atoms with Gasteiger partial charge in [-0.1, -0.05) is 17.7 Å². The largest absolute Gasteiger partial charge is 0.416 e. The topological polar surface area (TPSA) is 72.2 Å². The Morgan fingerprint density at radius 3 is 2.55 bits per heavy atom. The van der Waals surface area contributed by atoms with E-state index in [-0.39, 0.29) is 14.9 Å². The molecule has 0 saturated carbocycles. The Morgan fingerprint density at radius 2 is 2.00 bits per heavy atom. The van der Waals surface area contributed by atoms with Crippen LogP contribution in [0.3, 0.4) is 0 Å². The van der Waals surface area contributed by atoms with E-state index in [1.807, 2.05) is 0 Å². The number of hydrogen-bond acceptors (Lipinski definition) is 4. The molecule has 0 radical (unpaired) electrons. The Balaban J connectivity index is 2.22. The molecule has 0 spiro atoms. The van der Waals surface area contributed by atoms with Crippen LogP contribution in [0.1, 0.15) is 15.2 Å². The van der Waals surface area contributed by atoms with Crippen molar-refractivity contribution < 1.29 is 22.9 Å². The van der Waals surface area contributed by atoms with Gasteiger partial charge in [-0.15, -0.1) is 11.3 Å². The molecule has 5 nitrogen and oxygen atoms in total. The molecule has 10 heteroatoms. The second-order valence-electron chi connectivity index (χ2n) is 4.06. The number of thiophene rings is 1. The highest BCUT2D eigenvalue weighted by atomic mass is 35.5. The monoisotopic (exact) mass is 350 g/mol. The van der Waals surface area contributed by atoms with Gasteiger partial charge in [0, 0.05) is 11.8 Å². The zero-order valence-corrected chi connectivity index (χ0v) is 12.1. The van der Waals surface area contributed by atoms with Crippen LogP contribution in [0.2, 0.25) is 4.34 Å². The molecule has 22 heavy (non-hydrogen) atoms. The lowest BCUT2D eigenvalue weighted by Gasteiger charge is -2.09. The highest BCUT2D eigenvalue weighted by Crippen LogP contribution is 2.34. The van der Waals surface area contributed by atoms with Crippen LogP contribution in [0.4, 0.5) is 24.5 Å². The fourth-order valence-electron chi connectivity index (χ4n) is 1.56. The second kappa shape index (κ2) is 5.93. The molecule has 0 aliphatic carbocycles. The lowest BCUT2D eigenvalue weighted by molar-refractivity contribution is -0.384.